The van der Waals surface area contributed by atoms with E-state index in [9.17, 15) is 14.0 Å². The van der Waals surface area contributed by atoms with Crippen LogP contribution < -0.4 is 4.90 Å². The van der Waals surface area contributed by atoms with Crippen LogP contribution in [0, 0.1) is 19.7 Å². The second-order valence-electron chi connectivity index (χ2n) is 5.96. The smallest absolute Gasteiger partial charge is 0.227 e. The van der Waals surface area contributed by atoms with Crippen molar-refractivity contribution in [2.75, 3.05) is 4.90 Å². The summed E-state index contributed by atoms with van der Waals surface area (Å²) in [7, 11) is 0. The molecule has 0 unspecified atom stereocenters. The summed E-state index contributed by atoms with van der Waals surface area (Å²) in [5.41, 5.74) is 3.68. The molecule has 118 valence electrons. The zero-order chi connectivity index (χ0) is 16.6. The maximum absolute atomic E-state index is 14.1. The molecule has 1 amide bonds. The molecule has 0 saturated carbocycles. The van der Waals surface area contributed by atoms with Crippen molar-refractivity contribution >= 4 is 17.4 Å². The van der Waals surface area contributed by atoms with E-state index >= 15 is 0 Å². The fraction of sp³-hybridized carbons (Fsp3) is 0.263. The highest BCUT2D eigenvalue weighted by Gasteiger charge is 2.28. The standard InChI is InChI=1S/C19H18FNO2/c1-12-6-7-14(10-13(12)2)11-21-16-5-3-4-15(20)19(16)17(22)8-9-18(21)23/h3-7,10H,8-9,11H2,1-2H3. The Bertz CT molecular complexity index is 798. The van der Waals surface area contributed by atoms with E-state index in [0.29, 0.717) is 12.2 Å². The number of hydrogen-bond donors (Lipinski definition) is 0. The number of benzene rings is 2. The van der Waals surface area contributed by atoms with Gasteiger partial charge in [-0.1, -0.05) is 24.3 Å². The molecule has 1 aliphatic rings. The van der Waals surface area contributed by atoms with Crippen molar-refractivity contribution in [3.63, 3.8) is 0 Å². The molecule has 1 aliphatic heterocycles. The summed E-state index contributed by atoms with van der Waals surface area (Å²) in [4.78, 5) is 26.1. The summed E-state index contributed by atoms with van der Waals surface area (Å²) in [6.45, 7) is 4.38. The Balaban J connectivity index is 2.05. The molecule has 2 aromatic carbocycles. The maximum atomic E-state index is 14.1. The molecule has 0 bridgehead atoms. The van der Waals surface area contributed by atoms with Gasteiger partial charge in [-0.15, -0.1) is 0 Å². The molecule has 0 radical (unpaired) electrons. The number of nitrogens with zero attached hydrogens (tertiary/aromatic N) is 1. The van der Waals surface area contributed by atoms with Gasteiger partial charge in [-0.05, 0) is 42.7 Å². The van der Waals surface area contributed by atoms with E-state index in [4.69, 9.17) is 0 Å². The van der Waals surface area contributed by atoms with E-state index in [1.165, 1.54) is 22.6 Å². The van der Waals surface area contributed by atoms with Crippen molar-refractivity contribution in [2.24, 2.45) is 0 Å². The second kappa shape index (κ2) is 5.95. The van der Waals surface area contributed by atoms with Crippen LogP contribution in [0.15, 0.2) is 36.4 Å². The van der Waals surface area contributed by atoms with Crippen LogP contribution in [0.25, 0.3) is 0 Å². The molecule has 1 heterocycles. The number of rotatable bonds is 2. The van der Waals surface area contributed by atoms with Gasteiger partial charge >= 0.3 is 0 Å². The van der Waals surface area contributed by atoms with Crippen molar-refractivity contribution in [1.82, 2.24) is 0 Å². The third kappa shape index (κ3) is 2.89. The van der Waals surface area contributed by atoms with Gasteiger partial charge in [0, 0.05) is 12.8 Å². The molecule has 0 atom stereocenters. The monoisotopic (exact) mass is 311 g/mol. The summed E-state index contributed by atoms with van der Waals surface area (Å²) < 4.78 is 14.1. The first-order chi connectivity index (χ1) is 11.0. The molecular weight excluding hydrogens is 293 g/mol. The second-order valence-corrected chi connectivity index (χ2v) is 5.96. The summed E-state index contributed by atoms with van der Waals surface area (Å²) in [6.07, 6.45) is 0.161. The van der Waals surface area contributed by atoms with E-state index in [1.54, 1.807) is 6.07 Å². The topological polar surface area (TPSA) is 37.4 Å². The molecule has 0 fully saturated rings. The average molecular weight is 311 g/mol. The zero-order valence-electron chi connectivity index (χ0n) is 13.2. The first kappa shape index (κ1) is 15.4. The third-order valence-corrected chi connectivity index (χ3v) is 4.34. The molecule has 0 aromatic heterocycles. The molecule has 0 N–H and O–H groups in total. The van der Waals surface area contributed by atoms with Crippen LogP contribution >= 0.6 is 0 Å². The Labute approximate surface area is 134 Å². The Kier molecular flexibility index (Phi) is 3.99. The Morgan fingerprint density at radius 1 is 1.04 bits per heavy atom. The van der Waals surface area contributed by atoms with Gasteiger partial charge < -0.3 is 4.90 Å². The number of hydrogen-bond acceptors (Lipinski definition) is 2. The normalized spacial score (nSPS) is 14.7. The van der Waals surface area contributed by atoms with Crippen LogP contribution in [0.2, 0.25) is 0 Å². The Hall–Kier alpha value is -2.49. The minimum Gasteiger partial charge on any atom is -0.307 e. The predicted molar refractivity (Wildman–Crippen MR) is 87.1 cm³/mol. The molecule has 23 heavy (non-hydrogen) atoms. The SMILES string of the molecule is Cc1ccc(CN2C(=O)CCC(=O)c3c(F)cccc32)cc1C. The lowest BCUT2D eigenvalue weighted by Gasteiger charge is -2.23. The van der Waals surface area contributed by atoms with Crippen LogP contribution in [-0.4, -0.2) is 11.7 Å². The Morgan fingerprint density at radius 2 is 1.83 bits per heavy atom. The molecule has 2 aromatic rings. The highest BCUT2D eigenvalue weighted by atomic mass is 19.1. The molecule has 3 rings (SSSR count). The van der Waals surface area contributed by atoms with Crippen LogP contribution in [0.4, 0.5) is 10.1 Å². The lowest BCUT2D eigenvalue weighted by molar-refractivity contribution is -0.118. The van der Waals surface area contributed by atoms with Gasteiger partial charge in [-0.25, -0.2) is 4.39 Å². The van der Waals surface area contributed by atoms with Gasteiger partial charge in [0.2, 0.25) is 5.91 Å². The number of amides is 1. The van der Waals surface area contributed by atoms with E-state index in [2.05, 4.69) is 0 Å². The number of aryl methyl sites for hydroxylation is 2. The summed E-state index contributed by atoms with van der Waals surface area (Å²) in [5, 5.41) is 0. The predicted octanol–water partition coefficient (Wildman–Crippen LogP) is 3.95. The van der Waals surface area contributed by atoms with E-state index < -0.39 is 5.82 Å². The van der Waals surface area contributed by atoms with E-state index in [0.717, 1.165) is 11.1 Å². The van der Waals surface area contributed by atoms with Crippen molar-refractivity contribution in [1.29, 1.82) is 0 Å². The number of halogens is 1. The number of ketones is 1. The van der Waals surface area contributed by atoms with Crippen LogP contribution in [0.3, 0.4) is 0 Å². The highest BCUT2D eigenvalue weighted by Crippen LogP contribution is 2.30. The van der Waals surface area contributed by atoms with Crippen LogP contribution in [-0.2, 0) is 11.3 Å². The molecule has 4 heteroatoms. The number of carbonyl (C=O) groups is 2. The summed E-state index contributed by atoms with van der Waals surface area (Å²) >= 11 is 0. The minimum absolute atomic E-state index is 0.0298. The molecular formula is C19H18FNO2. The van der Waals surface area contributed by atoms with Gasteiger partial charge in [-0.2, -0.15) is 0 Å². The van der Waals surface area contributed by atoms with Gasteiger partial charge in [0.05, 0.1) is 17.8 Å². The highest BCUT2D eigenvalue weighted by molar-refractivity contribution is 6.10. The third-order valence-electron chi connectivity index (χ3n) is 4.34. The number of anilines is 1. The van der Waals surface area contributed by atoms with E-state index in [1.807, 2.05) is 32.0 Å². The largest absolute Gasteiger partial charge is 0.307 e. The quantitative estimate of drug-likeness (QED) is 0.842. The van der Waals surface area contributed by atoms with Gasteiger partial charge in [-0.3, -0.25) is 9.59 Å². The number of fused-ring (bicyclic) bond motifs is 1. The molecule has 0 saturated heterocycles. The van der Waals surface area contributed by atoms with Crippen molar-refractivity contribution in [2.45, 2.75) is 33.2 Å². The summed E-state index contributed by atoms with van der Waals surface area (Å²) in [5.74, 6) is -1.03. The lowest BCUT2D eigenvalue weighted by atomic mass is 10.0. The van der Waals surface area contributed by atoms with Gasteiger partial charge in [0.1, 0.15) is 5.82 Å². The maximum Gasteiger partial charge on any atom is 0.227 e. The molecule has 0 spiro atoms. The minimum atomic E-state index is -0.563. The Morgan fingerprint density at radius 3 is 2.57 bits per heavy atom. The number of Topliss-reactive ketones (excluding diaryl/α,β-unsaturated/α-hetero) is 1. The van der Waals surface area contributed by atoms with Crippen LogP contribution in [0.5, 0.6) is 0 Å². The lowest BCUT2D eigenvalue weighted by Crippen LogP contribution is -2.29. The average Bonchev–Trinajstić information content (AvgIpc) is 2.63. The fourth-order valence-electron chi connectivity index (χ4n) is 2.89. The molecule has 0 aliphatic carbocycles. The van der Waals surface area contributed by atoms with Gasteiger partial charge in [0.25, 0.3) is 0 Å². The van der Waals surface area contributed by atoms with Gasteiger partial charge in [0.15, 0.2) is 5.78 Å². The summed E-state index contributed by atoms with van der Waals surface area (Å²) in [6, 6.07) is 10.4. The number of carbonyl (C=O) groups excluding carboxylic acids is 2. The van der Waals surface area contributed by atoms with Crippen molar-refractivity contribution in [3.8, 4) is 0 Å². The fourth-order valence-corrected chi connectivity index (χ4v) is 2.89. The van der Waals surface area contributed by atoms with E-state index in [-0.39, 0.29) is 30.1 Å². The first-order valence-corrected chi connectivity index (χ1v) is 7.65. The van der Waals surface area contributed by atoms with Crippen molar-refractivity contribution < 1.29 is 14.0 Å². The first-order valence-electron chi connectivity index (χ1n) is 7.65. The van der Waals surface area contributed by atoms with Crippen LogP contribution in [0.1, 0.15) is 39.9 Å². The zero-order valence-corrected chi connectivity index (χ0v) is 13.2. The van der Waals surface area contributed by atoms with Crippen molar-refractivity contribution in [3.05, 3.63) is 64.5 Å². The molecule has 3 nitrogen and oxygen atoms in total.